The SMILES string of the molecule is Cn1c(SCc2cc(-c3ccccc3)on2)nnc1-c1ccco1. The van der Waals surface area contributed by atoms with Crippen LogP contribution in [-0.2, 0) is 12.8 Å². The van der Waals surface area contributed by atoms with Crippen molar-refractivity contribution >= 4 is 11.8 Å². The maximum Gasteiger partial charge on any atom is 0.200 e. The molecule has 4 aromatic rings. The summed E-state index contributed by atoms with van der Waals surface area (Å²) in [6, 6.07) is 15.6. The van der Waals surface area contributed by atoms with E-state index in [0.717, 1.165) is 22.2 Å². The number of hydrogen-bond donors (Lipinski definition) is 0. The highest BCUT2D eigenvalue weighted by atomic mass is 32.2. The Balaban J connectivity index is 1.47. The van der Waals surface area contributed by atoms with E-state index in [0.29, 0.717) is 17.3 Å². The van der Waals surface area contributed by atoms with Gasteiger partial charge in [0, 0.05) is 24.4 Å². The highest BCUT2D eigenvalue weighted by Gasteiger charge is 2.14. The lowest BCUT2D eigenvalue weighted by molar-refractivity contribution is 0.426. The van der Waals surface area contributed by atoms with Crippen LogP contribution in [0.1, 0.15) is 5.69 Å². The number of hydrogen-bond acceptors (Lipinski definition) is 6. The number of aromatic nitrogens is 4. The molecule has 0 amide bonds. The number of benzene rings is 1. The van der Waals surface area contributed by atoms with Gasteiger partial charge >= 0.3 is 0 Å². The molecule has 1 aromatic carbocycles. The highest BCUT2D eigenvalue weighted by molar-refractivity contribution is 7.98. The van der Waals surface area contributed by atoms with Gasteiger partial charge < -0.3 is 13.5 Å². The monoisotopic (exact) mass is 338 g/mol. The molecule has 0 saturated carbocycles. The van der Waals surface area contributed by atoms with E-state index in [1.165, 1.54) is 0 Å². The molecule has 6 nitrogen and oxygen atoms in total. The van der Waals surface area contributed by atoms with Crippen LogP contribution < -0.4 is 0 Å². The lowest BCUT2D eigenvalue weighted by Crippen LogP contribution is -1.94. The van der Waals surface area contributed by atoms with Gasteiger partial charge in [-0.2, -0.15) is 0 Å². The van der Waals surface area contributed by atoms with Crippen LogP contribution in [0.5, 0.6) is 0 Å². The predicted molar refractivity (Wildman–Crippen MR) is 90.2 cm³/mol. The van der Waals surface area contributed by atoms with Gasteiger partial charge in [0.1, 0.15) is 0 Å². The quantitative estimate of drug-likeness (QED) is 0.512. The second-order valence-electron chi connectivity index (χ2n) is 5.18. The zero-order valence-electron chi connectivity index (χ0n) is 12.9. The van der Waals surface area contributed by atoms with E-state index in [1.807, 2.05) is 60.1 Å². The smallest absolute Gasteiger partial charge is 0.200 e. The number of rotatable bonds is 5. The molecule has 0 bridgehead atoms. The summed E-state index contributed by atoms with van der Waals surface area (Å²) in [5.74, 6) is 2.82. The van der Waals surface area contributed by atoms with Gasteiger partial charge in [-0.1, -0.05) is 47.3 Å². The fraction of sp³-hybridized carbons (Fsp3) is 0.118. The molecule has 0 N–H and O–H groups in total. The molecule has 4 rings (SSSR count). The molecule has 0 aliphatic carbocycles. The van der Waals surface area contributed by atoms with Gasteiger partial charge in [0.2, 0.25) is 0 Å². The van der Waals surface area contributed by atoms with Crippen LogP contribution in [0, 0.1) is 0 Å². The van der Waals surface area contributed by atoms with E-state index in [9.17, 15) is 0 Å². The molecule has 120 valence electrons. The Morgan fingerprint density at radius 1 is 1.04 bits per heavy atom. The summed E-state index contributed by atoms with van der Waals surface area (Å²) < 4.78 is 12.7. The Morgan fingerprint density at radius 3 is 2.71 bits per heavy atom. The van der Waals surface area contributed by atoms with Crippen LogP contribution in [0.3, 0.4) is 0 Å². The van der Waals surface area contributed by atoms with Crippen molar-refractivity contribution in [3.8, 4) is 22.9 Å². The van der Waals surface area contributed by atoms with Gasteiger partial charge in [-0.3, -0.25) is 0 Å². The fourth-order valence-corrected chi connectivity index (χ4v) is 3.11. The molecule has 7 heteroatoms. The Kier molecular flexibility index (Phi) is 3.92. The topological polar surface area (TPSA) is 69.9 Å². The molecule has 0 unspecified atom stereocenters. The Labute approximate surface area is 142 Å². The Morgan fingerprint density at radius 2 is 1.92 bits per heavy atom. The Hall–Kier alpha value is -2.80. The first-order chi connectivity index (χ1) is 11.8. The van der Waals surface area contributed by atoms with Crippen molar-refractivity contribution in [1.29, 1.82) is 0 Å². The molecule has 0 fully saturated rings. The van der Waals surface area contributed by atoms with Crippen molar-refractivity contribution in [3.63, 3.8) is 0 Å². The maximum atomic E-state index is 5.41. The largest absolute Gasteiger partial charge is 0.461 e. The molecule has 3 heterocycles. The summed E-state index contributed by atoms with van der Waals surface area (Å²) in [5.41, 5.74) is 1.88. The molecule has 0 aliphatic rings. The van der Waals surface area contributed by atoms with Crippen molar-refractivity contribution in [2.24, 2.45) is 7.05 Å². The van der Waals surface area contributed by atoms with Gasteiger partial charge in [-0.05, 0) is 12.1 Å². The summed E-state index contributed by atoms with van der Waals surface area (Å²) >= 11 is 1.55. The Bertz CT molecular complexity index is 929. The lowest BCUT2D eigenvalue weighted by atomic mass is 10.2. The molecular formula is C17H14N4O2S. The van der Waals surface area contributed by atoms with Gasteiger partial charge in [0.05, 0.1) is 12.0 Å². The molecule has 0 saturated heterocycles. The van der Waals surface area contributed by atoms with Crippen LogP contribution in [0.2, 0.25) is 0 Å². The molecule has 0 spiro atoms. The fourth-order valence-electron chi connectivity index (χ4n) is 2.32. The summed E-state index contributed by atoms with van der Waals surface area (Å²) in [7, 11) is 1.92. The first-order valence-electron chi connectivity index (χ1n) is 7.38. The minimum atomic E-state index is 0.653. The minimum absolute atomic E-state index is 0.653. The van der Waals surface area contributed by atoms with Crippen LogP contribution in [0.15, 0.2) is 68.9 Å². The van der Waals surface area contributed by atoms with Crippen LogP contribution in [-0.4, -0.2) is 19.9 Å². The molecule has 0 atom stereocenters. The normalized spacial score (nSPS) is 11.0. The van der Waals surface area contributed by atoms with Crippen molar-refractivity contribution in [3.05, 3.63) is 60.5 Å². The number of nitrogens with zero attached hydrogens (tertiary/aromatic N) is 4. The second kappa shape index (κ2) is 6.37. The first-order valence-corrected chi connectivity index (χ1v) is 8.37. The average Bonchev–Trinajstić information content (AvgIpc) is 3.35. The van der Waals surface area contributed by atoms with Crippen LogP contribution >= 0.6 is 11.8 Å². The van der Waals surface area contributed by atoms with E-state index in [2.05, 4.69) is 15.4 Å². The zero-order valence-corrected chi connectivity index (χ0v) is 13.7. The van der Waals surface area contributed by atoms with Crippen LogP contribution in [0.25, 0.3) is 22.9 Å². The summed E-state index contributed by atoms with van der Waals surface area (Å²) in [5, 5.41) is 13.3. The number of thioether (sulfide) groups is 1. The second-order valence-corrected chi connectivity index (χ2v) is 6.12. The van der Waals surface area contributed by atoms with Gasteiger partial charge in [0.15, 0.2) is 22.5 Å². The molecule has 24 heavy (non-hydrogen) atoms. The van der Waals surface area contributed by atoms with Crippen molar-refractivity contribution in [2.75, 3.05) is 0 Å². The van der Waals surface area contributed by atoms with E-state index >= 15 is 0 Å². The van der Waals surface area contributed by atoms with Crippen molar-refractivity contribution in [1.82, 2.24) is 19.9 Å². The molecule has 3 aromatic heterocycles. The van der Waals surface area contributed by atoms with Gasteiger partial charge in [0.25, 0.3) is 0 Å². The van der Waals surface area contributed by atoms with Gasteiger partial charge in [-0.15, -0.1) is 10.2 Å². The summed E-state index contributed by atoms with van der Waals surface area (Å²) in [6.07, 6.45) is 1.62. The van der Waals surface area contributed by atoms with Crippen LogP contribution in [0.4, 0.5) is 0 Å². The van der Waals surface area contributed by atoms with E-state index in [4.69, 9.17) is 8.94 Å². The summed E-state index contributed by atoms with van der Waals surface area (Å²) in [4.78, 5) is 0. The van der Waals surface area contributed by atoms with E-state index in [1.54, 1.807) is 18.0 Å². The highest BCUT2D eigenvalue weighted by Crippen LogP contribution is 2.27. The van der Waals surface area contributed by atoms with E-state index < -0.39 is 0 Å². The predicted octanol–water partition coefficient (Wildman–Crippen LogP) is 4.02. The summed E-state index contributed by atoms with van der Waals surface area (Å²) in [6.45, 7) is 0. The first kappa shape index (κ1) is 14.8. The maximum absolute atomic E-state index is 5.41. The molecule has 0 radical (unpaired) electrons. The third-order valence-electron chi connectivity index (χ3n) is 3.54. The minimum Gasteiger partial charge on any atom is -0.461 e. The third-order valence-corrected chi connectivity index (χ3v) is 4.60. The standard InChI is InChI=1S/C17H14N4O2S/c1-21-16(14-8-5-9-22-14)18-19-17(21)24-11-13-10-15(23-20-13)12-6-3-2-4-7-12/h2-10H,11H2,1H3. The van der Waals surface area contributed by atoms with Gasteiger partial charge in [-0.25, -0.2) is 0 Å². The zero-order chi connectivity index (χ0) is 16.4. The van der Waals surface area contributed by atoms with E-state index in [-0.39, 0.29) is 0 Å². The number of furan rings is 1. The lowest BCUT2D eigenvalue weighted by Gasteiger charge is -2.00. The van der Waals surface area contributed by atoms with Crippen molar-refractivity contribution in [2.45, 2.75) is 10.9 Å². The molecule has 0 aliphatic heterocycles. The average molecular weight is 338 g/mol. The molecular weight excluding hydrogens is 324 g/mol. The van der Waals surface area contributed by atoms with Crippen molar-refractivity contribution < 1.29 is 8.94 Å². The third kappa shape index (κ3) is 2.85.